The van der Waals surface area contributed by atoms with E-state index in [-0.39, 0.29) is 11.6 Å². The first-order valence-electron chi connectivity index (χ1n) is 9.70. The standard InChI is InChI=1S/C22H23N3O3/c26-22(20-15-23-21-9-8-18(25(27)28)14-19(20)21)24-12-10-17(11-13-24)7-6-16-4-2-1-3-5-16/h1-5,8-9,14-15,17,23H,6-7,10-13H2. The van der Waals surface area contributed by atoms with E-state index in [1.807, 2.05) is 11.0 Å². The van der Waals surface area contributed by atoms with E-state index >= 15 is 0 Å². The molecule has 6 heteroatoms. The first-order valence-corrected chi connectivity index (χ1v) is 9.70. The van der Waals surface area contributed by atoms with Crippen molar-refractivity contribution in [3.8, 4) is 0 Å². The molecule has 1 N–H and O–H groups in total. The molecule has 0 aliphatic carbocycles. The second kappa shape index (κ2) is 7.84. The van der Waals surface area contributed by atoms with Crippen molar-refractivity contribution >= 4 is 22.5 Å². The topological polar surface area (TPSA) is 79.2 Å². The van der Waals surface area contributed by atoms with Gasteiger partial charge in [0.2, 0.25) is 0 Å². The van der Waals surface area contributed by atoms with Crippen LogP contribution in [0.3, 0.4) is 0 Å². The van der Waals surface area contributed by atoms with Crippen LogP contribution in [-0.2, 0) is 6.42 Å². The average Bonchev–Trinajstić information content (AvgIpc) is 3.16. The number of amides is 1. The molecule has 4 rings (SSSR count). The Labute approximate surface area is 163 Å². The Bertz CT molecular complexity index is 989. The van der Waals surface area contributed by atoms with Crippen molar-refractivity contribution in [2.24, 2.45) is 5.92 Å². The Balaban J connectivity index is 1.39. The van der Waals surface area contributed by atoms with Crippen molar-refractivity contribution in [3.63, 3.8) is 0 Å². The number of H-pyrrole nitrogens is 1. The minimum Gasteiger partial charge on any atom is -0.360 e. The zero-order valence-electron chi connectivity index (χ0n) is 15.6. The highest BCUT2D eigenvalue weighted by molar-refractivity contribution is 6.07. The quantitative estimate of drug-likeness (QED) is 0.523. The van der Waals surface area contributed by atoms with Crippen LogP contribution in [0, 0.1) is 16.0 Å². The molecule has 2 heterocycles. The van der Waals surface area contributed by atoms with Gasteiger partial charge in [-0.2, -0.15) is 0 Å². The van der Waals surface area contributed by atoms with E-state index < -0.39 is 4.92 Å². The number of nitro groups is 1. The maximum atomic E-state index is 13.0. The van der Waals surface area contributed by atoms with Gasteiger partial charge in [-0.05, 0) is 43.2 Å². The number of aryl methyl sites for hydroxylation is 1. The number of carbonyl (C=O) groups excluding carboxylic acids is 1. The van der Waals surface area contributed by atoms with Gasteiger partial charge in [-0.25, -0.2) is 0 Å². The summed E-state index contributed by atoms with van der Waals surface area (Å²) >= 11 is 0. The molecule has 1 saturated heterocycles. The fraction of sp³-hybridized carbons (Fsp3) is 0.318. The molecular weight excluding hydrogens is 354 g/mol. The maximum Gasteiger partial charge on any atom is 0.270 e. The Hall–Kier alpha value is -3.15. The maximum absolute atomic E-state index is 13.0. The Kier molecular flexibility index (Phi) is 5.10. The lowest BCUT2D eigenvalue weighted by molar-refractivity contribution is -0.384. The molecule has 2 aromatic carbocycles. The number of aromatic nitrogens is 1. The van der Waals surface area contributed by atoms with Crippen molar-refractivity contribution < 1.29 is 9.72 Å². The molecule has 0 saturated carbocycles. The Morgan fingerprint density at radius 2 is 1.89 bits per heavy atom. The second-order valence-electron chi connectivity index (χ2n) is 7.45. The molecule has 0 bridgehead atoms. The predicted molar refractivity (Wildman–Crippen MR) is 108 cm³/mol. The van der Waals surface area contributed by atoms with Gasteiger partial charge < -0.3 is 9.88 Å². The molecule has 1 aliphatic rings. The molecule has 144 valence electrons. The van der Waals surface area contributed by atoms with E-state index in [2.05, 4.69) is 29.2 Å². The highest BCUT2D eigenvalue weighted by Crippen LogP contribution is 2.27. The lowest BCUT2D eigenvalue weighted by Crippen LogP contribution is -2.38. The van der Waals surface area contributed by atoms with E-state index in [1.165, 1.54) is 17.7 Å². The monoisotopic (exact) mass is 377 g/mol. The third-order valence-electron chi connectivity index (χ3n) is 5.69. The summed E-state index contributed by atoms with van der Waals surface area (Å²) < 4.78 is 0. The highest BCUT2D eigenvalue weighted by Gasteiger charge is 2.25. The highest BCUT2D eigenvalue weighted by atomic mass is 16.6. The van der Waals surface area contributed by atoms with Crippen LogP contribution in [0.2, 0.25) is 0 Å². The molecule has 0 atom stereocenters. The Morgan fingerprint density at radius 1 is 1.14 bits per heavy atom. The smallest absolute Gasteiger partial charge is 0.270 e. The number of nitro benzene ring substituents is 1. The lowest BCUT2D eigenvalue weighted by Gasteiger charge is -2.32. The number of non-ortho nitro benzene ring substituents is 1. The Morgan fingerprint density at radius 3 is 2.61 bits per heavy atom. The van der Waals surface area contributed by atoms with Crippen LogP contribution >= 0.6 is 0 Å². The number of aromatic amines is 1. The van der Waals surface area contributed by atoms with Gasteiger partial charge in [0.1, 0.15) is 0 Å². The first kappa shape index (κ1) is 18.2. The van der Waals surface area contributed by atoms with Crippen LogP contribution in [-0.4, -0.2) is 33.8 Å². The van der Waals surface area contributed by atoms with Gasteiger partial charge in [0, 0.05) is 42.3 Å². The van der Waals surface area contributed by atoms with Crippen molar-refractivity contribution in [1.29, 1.82) is 0 Å². The number of piperidine rings is 1. The predicted octanol–water partition coefficient (Wildman–Crippen LogP) is 4.56. The fourth-order valence-corrected chi connectivity index (χ4v) is 4.01. The van der Waals surface area contributed by atoms with Crippen LogP contribution in [0.5, 0.6) is 0 Å². The van der Waals surface area contributed by atoms with Gasteiger partial charge in [0.15, 0.2) is 0 Å². The third-order valence-corrected chi connectivity index (χ3v) is 5.69. The second-order valence-corrected chi connectivity index (χ2v) is 7.45. The van der Waals surface area contributed by atoms with Crippen molar-refractivity contribution in [2.45, 2.75) is 25.7 Å². The summed E-state index contributed by atoms with van der Waals surface area (Å²) in [4.78, 5) is 28.5. The SMILES string of the molecule is O=C(c1c[nH]c2ccc([N+](=O)[O-])cc12)N1CCC(CCc2ccccc2)CC1. The molecule has 0 spiro atoms. The van der Waals surface area contributed by atoms with Gasteiger partial charge in [-0.15, -0.1) is 0 Å². The lowest BCUT2D eigenvalue weighted by atomic mass is 9.90. The number of hydrogen-bond donors (Lipinski definition) is 1. The number of fused-ring (bicyclic) bond motifs is 1. The summed E-state index contributed by atoms with van der Waals surface area (Å²) in [5, 5.41) is 11.7. The summed E-state index contributed by atoms with van der Waals surface area (Å²) in [6.45, 7) is 1.47. The largest absolute Gasteiger partial charge is 0.360 e. The zero-order chi connectivity index (χ0) is 19.5. The molecule has 0 radical (unpaired) electrons. The molecular formula is C22H23N3O3. The van der Waals surface area contributed by atoms with E-state index in [0.717, 1.165) is 44.3 Å². The minimum atomic E-state index is -0.432. The van der Waals surface area contributed by atoms with Gasteiger partial charge in [-0.1, -0.05) is 30.3 Å². The first-order chi connectivity index (χ1) is 13.6. The molecule has 1 fully saturated rings. The summed E-state index contributed by atoms with van der Waals surface area (Å²) in [5.41, 5.74) is 2.62. The zero-order valence-corrected chi connectivity index (χ0v) is 15.6. The number of benzene rings is 2. The summed E-state index contributed by atoms with van der Waals surface area (Å²) in [6, 6.07) is 15.1. The number of hydrogen-bond acceptors (Lipinski definition) is 3. The van der Waals surface area contributed by atoms with E-state index in [4.69, 9.17) is 0 Å². The minimum absolute atomic E-state index is 0.000713. The number of nitrogens with one attached hydrogen (secondary N) is 1. The summed E-state index contributed by atoms with van der Waals surface area (Å²) in [7, 11) is 0. The number of likely N-dealkylation sites (tertiary alicyclic amines) is 1. The number of nitrogens with zero attached hydrogens (tertiary/aromatic N) is 2. The van der Waals surface area contributed by atoms with Gasteiger partial charge in [0.05, 0.1) is 10.5 Å². The van der Waals surface area contributed by atoms with Crippen molar-refractivity contribution in [2.75, 3.05) is 13.1 Å². The van der Waals surface area contributed by atoms with Crippen LogP contribution < -0.4 is 0 Å². The third kappa shape index (κ3) is 3.76. The van der Waals surface area contributed by atoms with Gasteiger partial charge in [-0.3, -0.25) is 14.9 Å². The van der Waals surface area contributed by atoms with E-state index in [9.17, 15) is 14.9 Å². The van der Waals surface area contributed by atoms with E-state index in [1.54, 1.807) is 12.3 Å². The molecule has 0 unspecified atom stereocenters. The average molecular weight is 377 g/mol. The van der Waals surface area contributed by atoms with Crippen LogP contribution in [0.4, 0.5) is 5.69 Å². The van der Waals surface area contributed by atoms with Crippen molar-refractivity contribution in [3.05, 3.63) is 76.0 Å². The molecule has 3 aromatic rings. The van der Waals surface area contributed by atoms with Crippen LogP contribution in [0.1, 0.15) is 35.2 Å². The van der Waals surface area contributed by atoms with Gasteiger partial charge >= 0.3 is 0 Å². The summed E-state index contributed by atoms with van der Waals surface area (Å²) in [6.07, 6.45) is 5.89. The van der Waals surface area contributed by atoms with Crippen LogP contribution in [0.15, 0.2) is 54.7 Å². The van der Waals surface area contributed by atoms with Crippen molar-refractivity contribution in [1.82, 2.24) is 9.88 Å². The molecule has 1 aromatic heterocycles. The fourth-order valence-electron chi connectivity index (χ4n) is 4.01. The van der Waals surface area contributed by atoms with Gasteiger partial charge in [0.25, 0.3) is 11.6 Å². The molecule has 28 heavy (non-hydrogen) atoms. The molecule has 6 nitrogen and oxygen atoms in total. The number of carbonyl (C=O) groups is 1. The van der Waals surface area contributed by atoms with E-state index in [0.29, 0.717) is 16.9 Å². The molecule has 1 aliphatic heterocycles. The summed E-state index contributed by atoms with van der Waals surface area (Å²) in [5.74, 6) is 0.585. The number of rotatable bonds is 5. The molecule has 1 amide bonds. The normalized spacial score (nSPS) is 15.1. The van der Waals surface area contributed by atoms with Crippen LogP contribution in [0.25, 0.3) is 10.9 Å².